The molecule has 21 heavy (non-hydrogen) atoms. The van der Waals surface area contributed by atoms with Crippen molar-refractivity contribution in [3.63, 3.8) is 0 Å². The topological polar surface area (TPSA) is 75.5 Å². The Morgan fingerprint density at radius 2 is 2.38 bits per heavy atom. The van der Waals surface area contributed by atoms with Crippen LogP contribution in [0.3, 0.4) is 0 Å². The SMILES string of the molecule is O=C(NCCC1CCNC1)c1cnc2ccccn2c1=O. The zero-order valence-corrected chi connectivity index (χ0v) is 11.7. The molecule has 1 unspecified atom stereocenters. The number of pyridine rings is 1. The molecule has 1 aliphatic heterocycles. The highest BCUT2D eigenvalue weighted by atomic mass is 16.2. The Morgan fingerprint density at radius 3 is 3.19 bits per heavy atom. The first-order valence-corrected chi connectivity index (χ1v) is 7.21. The van der Waals surface area contributed by atoms with Gasteiger partial charge in [-0.05, 0) is 44.0 Å². The summed E-state index contributed by atoms with van der Waals surface area (Å²) >= 11 is 0. The van der Waals surface area contributed by atoms with Gasteiger partial charge >= 0.3 is 0 Å². The van der Waals surface area contributed by atoms with Gasteiger partial charge in [0.05, 0.1) is 0 Å². The molecule has 1 saturated heterocycles. The molecular weight excluding hydrogens is 268 g/mol. The molecule has 3 rings (SSSR count). The predicted molar refractivity (Wildman–Crippen MR) is 79.4 cm³/mol. The number of rotatable bonds is 4. The quantitative estimate of drug-likeness (QED) is 0.854. The number of hydrogen-bond acceptors (Lipinski definition) is 4. The second-order valence-electron chi connectivity index (χ2n) is 5.31. The van der Waals surface area contributed by atoms with E-state index < -0.39 is 0 Å². The van der Waals surface area contributed by atoms with Crippen LogP contribution in [0.15, 0.2) is 35.4 Å². The first kappa shape index (κ1) is 13.8. The Morgan fingerprint density at radius 1 is 1.48 bits per heavy atom. The molecular formula is C15H18N4O2. The number of nitrogens with zero attached hydrogens (tertiary/aromatic N) is 2. The lowest BCUT2D eigenvalue weighted by Gasteiger charge is -2.09. The Balaban J connectivity index is 1.69. The van der Waals surface area contributed by atoms with E-state index in [1.54, 1.807) is 24.4 Å². The van der Waals surface area contributed by atoms with Crippen molar-refractivity contribution in [3.8, 4) is 0 Å². The van der Waals surface area contributed by atoms with E-state index in [-0.39, 0.29) is 17.0 Å². The van der Waals surface area contributed by atoms with Crippen LogP contribution < -0.4 is 16.2 Å². The standard InChI is InChI=1S/C15H18N4O2/c20-14(17-7-5-11-4-6-16-9-11)12-10-18-13-3-1-2-8-19(13)15(12)21/h1-3,8,10-11,16H,4-7,9H2,(H,17,20). The van der Waals surface area contributed by atoms with E-state index >= 15 is 0 Å². The number of carbonyl (C=O) groups is 1. The molecule has 2 aromatic rings. The van der Waals surface area contributed by atoms with E-state index in [0.717, 1.165) is 25.9 Å². The summed E-state index contributed by atoms with van der Waals surface area (Å²) in [5.41, 5.74) is 0.292. The highest BCUT2D eigenvalue weighted by molar-refractivity contribution is 5.93. The average molecular weight is 286 g/mol. The third-order valence-corrected chi connectivity index (χ3v) is 3.86. The summed E-state index contributed by atoms with van der Waals surface area (Å²) in [7, 11) is 0. The number of hydrogen-bond donors (Lipinski definition) is 2. The summed E-state index contributed by atoms with van der Waals surface area (Å²) in [6, 6.07) is 5.28. The fourth-order valence-corrected chi connectivity index (χ4v) is 2.63. The van der Waals surface area contributed by atoms with Gasteiger partial charge in [0.25, 0.3) is 11.5 Å². The molecule has 6 heteroatoms. The van der Waals surface area contributed by atoms with Crippen molar-refractivity contribution in [2.24, 2.45) is 5.92 Å². The summed E-state index contributed by atoms with van der Waals surface area (Å²) in [4.78, 5) is 28.5. The van der Waals surface area contributed by atoms with Gasteiger partial charge in [-0.25, -0.2) is 4.98 Å². The molecule has 110 valence electrons. The summed E-state index contributed by atoms with van der Waals surface area (Å²) in [6.07, 6.45) is 5.05. The molecule has 0 radical (unpaired) electrons. The number of carbonyl (C=O) groups excluding carboxylic acids is 1. The fraction of sp³-hybridized carbons (Fsp3) is 0.400. The van der Waals surface area contributed by atoms with Crippen LogP contribution in [0.5, 0.6) is 0 Å². The smallest absolute Gasteiger partial charge is 0.270 e. The molecule has 1 amide bonds. The van der Waals surface area contributed by atoms with Crippen LogP contribution in [0, 0.1) is 5.92 Å². The normalized spacial score (nSPS) is 18.0. The largest absolute Gasteiger partial charge is 0.352 e. The molecule has 2 aromatic heterocycles. The van der Waals surface area contributed by atoms with Crippen LogP contribution in [0.1, 0.15) is 23.2 Å². The Bertz CT molecular complexity index is 704. The minimum atomic E-state index is -0.350. The van der Waals surface area contributed by atoms with Crippen molar-refractivity contribution < 1.29 is 4.79 Å². The number of nitrogens with one attached hydrogen (secondary N) is 2. The third kappa shape index (κ3) is 2.95. The van der Waals surface area contributed by atoms with E-state index in [9.17, 15) is 9.59 Å². The first-order chi connectivity index (χ1) is 10.3. The molecule has 6 nitrogen and oxygen atoms in total. The van der Waals surface area contributed by atoms with Gasteiger partial charge in [0.15, 0.2) is 0 Å². The van der Waals surface area contributed by atoms with Crippen LogP contribution >= 0.6 is 0 Å². The van der Waals surface area contributed by atoms with Crippen molar-refractivity contribution in [2.75, 3.05) is 19.6 Å². The van der Waals surface area contributed by atoms with Crippen LogP contribution in [0.25, 0.3) is 5.65 Å². The second-order valence-corrected chi connectivity index (χ2v) is 5.31. The van der Waals surface area contributed by atoms with E-state index in [0.29, 0.717) is 18.1 Å². The zero-order chi connectivity index (χ0) is 14.7. The Kier molecular flexibility index (Phi) is 3.96. The van der Waals surface area contributed by atoms with Crippen molar-refractivity contribution in [1.29, 1.82) is 0 Å². The van der Waals surface area contributed by atoms with Gasteiger partial charge in [0.2, 0.25) is 0 Å². The molecule has 0 saturated carbocycles. The van der Waals surface area contributed by atoms with Gasteiger partial charge in [0, 0.05) is 18.9 Å². The molecule has 3 heterocycles. The monoisotopic (exact) mass is 286 g/mol. The average Bonchev–Trinajstić information content (AvgIpc) is 3.01. The molecule has 1 atom stereocenters. The van der Waals surface area contributed by atoms with Crippen molar-refractivity contribution in [3.05, 3.63) is 46.5 Å². The molecule has 1 aliphatic rings. The van der Waals surface area contributed by atoms with Crippen molar-refractivity contribution >= 4 is 11.6 Å². The maximum Gasteiger partial charge on any atom is 0.270 e. The first-order valence-electron chi connectivity index (χ1n) is 7.21. The highest BCUT2D eigenvalue weighted by Gasteiger charge is 2.16. The number of aromatic nitrogens is 2. The highest BCUT2D eigenvalue weighted by Crippen LogP contribution is 2.10. The molecule has 0 aliphatic carbocycles. The fourth-order valence-electron chi connectivity index (χ4n) is 2.63. The number of amides is 1. The molecule has 0 bridgehead atoms. The van der Waals surface area contributed by atoms with E-state index in [4.69, 9.17) is 0 Å². The summed E-state index contributed by atoms with van der Waals surface area (Å²) in [5.74, 6) is 0.262. The molecule has 0 aromatic carbocycles. The second kappa shape index (κ2) is 6.05. The maximum atomic E-state index is 12.2. The third-order valence-electron chi connectivity index (χ3n) is 3.86. The van der Waals surface area contributed by atoms with Gasteiger partial charge in [-0.2, -0.15) is 0 Å². The van der Waals surface area contributed by atoms with Crippen LogP contribution in [0.4, 0.5) is 0 Å². The van der Waals surface area contributed by atoms with Crippen LogP contribution in [-0.2, 0) is 0 Å². The predicted octanol–water partition coefficient (Wildman–Crippen LogP) is 0.424. The van der Waals surface area contributed by atoms with Crippen molar-refractivity contribution in [1.82, 2.24) is 20.0 Å². The van der Waals surface area contributed by atoms with Gasteiger partial charge < -0.3 is 10.6 Å². The van der Waals surface area contributed by atoms with Gasteiger partial charge in [0.1, 0.15) is 11.2 Å². The summed E-state index contributed by atoms with van der Waals surface area (Å²) in [6.45, 7) is 2.65. The van der Waals surface area contributed by atoms with Gasteiger partial charge in [-0.1, -0.05) is 6.07 Å². The van der Waals surface area contributed by atoms with Gasteiger partial charge in [-0.3, -0.25) is 14.0 Å². The lowest BCUT2D eigenvalue weighted by Crippen LogP contribution is -2.32. The van der Waals surface area contributed by atoms with Gasteiger partial charge in [-0.15, -0.1) is 0 Å². The summed E-state index contributed by atoms with van der Waals surface area (Å²) in [5, 5.41) is 6.11. The lowest BCUT2D eigenvalue weighted by molar-refractivity contribution is 0.0949. The van der Waals surface area contributed by atoms with E-state index in [1.807, 2.05) is 0 Å². The molecule has 1 fully saturated rings. The minimum Gasteiger partial charge on any atom is -0.352 e. The molecule has 2 N–H and O–H groups in total. The van der Waals surface area contributed by atoms with Crippen molar-refractivity contribution in [2.45, 2.75) is 12.8 Å². The van der Waals surface area contributed by atoms with E-state index in [1.165, 1.54) is 10.6 Å². The summed E-state index contributed by atoms with van der Waals surface area (Å²) < 4.78 is 1.38. The Labute approximate surface area is 122 Å². The minimum absolute atomic E-state index is 0.0863. The zero-order valence-electron chi connectivity index (χ0n) is 11.7. The Hall–Kier alpha value is -2.21. The van der Waals surface area contributed by atoms with Crippen LogP contribution in [-0.4, -0.2) is 34.9 Å². The maximum absolute atomic E-state index is 12.2. The van der Waals surface area contributed by atoms with E-state index in [2.05, 4.69) is 15.6 Å². The number of fused-ring (bicyclic) bond motifs is 1. The van der Waals surface area contributed by atoms with Crippen LogP contribution in [0.2, 0.25) is 0 Å². The molecule has 0 spiro atoms. The lowest BCUT2D eigenvalue weighted by atomic mass is 10.1.